The van der Waals surface area contributed by atoms with Gasteiger partial charge in [-0.1, -0.05) is 31.2 Å². The molecule has 0 aliphatic carbocycles. The maximum Gasteiger partial charge on any atom is 0.112 e. The van der Waals surface area contributed by atoms with Gasteiger partial charge in [0.15, 0.2) is 0 Å². The number of hydrogen-bond donors (Lipinski definition) is 1. The minimum absolute atomic E-state index is 0.135. The highest BCUT2D eigenvalue weighted by molar-refractivity contribution is 5.28. The Morgan fingerprint density at radius 2 is 2.24 bits per heavy atom. The fourth-order valence-corrected chi connectivity index (χ4v) is 1.92. The van der Waals surface area contributed by atoms with Crippen LogP contribution in [0.4, 0.5) is 0 Å². The minimum Gasteiger partial charge on any atom is -0.338 e. The molecule has 0 bridgehead atoms. The second kappa shape index (κ2) is 5.15. The van der Waals surface area contributed by atoms with E-state index in [9.17, 15) is 0 Å². The molecule has 0 radical (unpaired) electrons. The highest BCUT2D eigenvalue weighted by Gasteiger charge is 2.06. The summed E-state index contributed by atoms with van der Waals surface area (Å²) < 4.78 is 2.05. The number of nitrogens with two attached hydrogens (primary N) is 1. The molecule has 0 amide bonds. The van der Waals surface area contributed by atoms with Crippen molar-refractivity contribution in [1.29, 1.82) is 0 Å². The monoisotopic (exact) mass is 229 g/mol. The maximum absolute atomic E-state index is 6.05. The summed E-state index contributed by atoms with van der Waals surface area (Å²) in [6, 6.07) is 8.61. The van der Waals surface area contributed by atoms with E-state index in [0.717, 1.165) is 18.7 Å². The first kappa shape index (κ1) is 11.9. The van der Waals surface area contributed by atoms with Gasteiger partial charge in [0.2, 0.25) is 0 Å². The van der Waals surface area contributed by atoms with Crippen molar-refractivity contribution in [3.8, 4) is 0 Å². The molecule has 0 saturated carbocycles. The van der Waals surface area contributed by atoms with Gasteiger partial charge in [-0.2, -0.15) is 0 Å². The molecule has 1 unspecified atom stereocenters. The molecule has 0 saturated heterocycles. The molecule has 0 aliphatic rings. The predicted molar refractivity (Wildman–Crippen MR) is 69.7 cm³/mol. The standard InChI is InChI=1S/C14H19N3/c1-3-13(15)12-6-4-5-11(9-12)10-14-16-7-8-17(14)2/h4-9,13H,3,10,15H2,1-2H3. The van der Waals surface area contributed by atoms with Crippen LogP contribution >= 0.6 is 0 Å². The molecular weight excluding hydrogens is 210 g/mol. The van der Waals surface area contributed by atoms with E-state index in [1.807, 2.05) is 24.0 Å². The van der Waals surface area contributed by atoms with Gasteiger partial charge in [-0.15, -0.1) is 0 Å². The van der Waals surface area contributed by atoms with Gasteiger partial charge in [0, 0.05) is 31.9 Å². The summed E-state index contributed by atoms with van der Waals surface area (Å²) in [6.07, 6.45) is 5.62. The van der Waals surface area contributed by atoms with Crippen molar-refractivity contribution in [1.82, 2.24) is 9.55 Å². The number of imidazole rings is 1. The molecular formula is C14H19N3. The van der Waals surface area contributed by atoms with E-state index in [1.54, 1.807) is 0 Å². The topological polar surface area (TPSA) is 43.8 Å². The highest BCUT2D eigenvalue weighted by atomic mass is 15.0. The molecule has 1 heterocycles. The molecule has 2 rings (SSSR count). The molecule has 0 fully saturated rings. The van der Waals surface area contributed by atoms with E-state index >= 15 is 0 Å². The van der Waals surface area contributed by atoms with Crippen LogP contribution in [0, 0.1) is 0 Å². The lowest BCUT2D eigenvalue weighted by molar-refractivity contribution is 0.697. The lowest BCUT2D eigenvalue weighted by Gasteiger charge is -2.10. The fourth-order valence-electron chi connectivity index (χ4n) is 1.92. The van der Waals surface area contributed by atoms with Crippen molar-refractivity contribution in [2.45, 2.75) is 25.8 Å². The quantitative estimate of drug-likeness (QED) is 0.875. The van der Waals surface area contributed by atoms with Gasteiger partial charge < -0.3 is 10.3 Å². The van der Waals surface area contributed by atoms with Crippen LogP contribution in [0.15, 0.2) is 36.7 Å². The average molecular weight is 229 g/mol. The van der Waals surface area contributed by atoms with Gasteiger partial charge >= 0.3 is 0 Å². The first-order chi connectivity index (χ1) is 8.20. The number of rotatable bonds is 4. The Hall–Kier alpha value is -1.61. The molecule has 2 N–H and O–H groups in total. The molecule has 90 valence electrons. The van der Waals surface area contributed by atoms with Crippen LogP contribution in [-0.4, -0.2) is 9.55 Å². The van der Waals surface area contributed by atoms with Crippen LogP contribution in [0.25, 0.3) is 0 Å². The summed E-state index contributed by atoms with van der Waals surface area (Å²) in [4.78, 5) is 4.34. The molecule has 1 atom stereocenters. The largest absolute Gasteiger partial charge is 0.338 e. The smallest absolute Gasteiger partial charge is 0.112 e. The summed E-state index contributed by atoms with van der Waals surface area (Å²) in [7, 11) is 2.02. The first-order valence-corrected chi connectivity index (χ1v) is 6.01. The molecule has 3 heteroatoms. The lowest BCUT2D eigenvalue weighted by atomic mass is 10.0. The fraction of sp³-hybridized carbons (Fsp3) is 0.357. The molecule has 1 aromatic heterocycles. The Morgan fingerprint density at radius 3 is 2.88 bits per heavy atom. The molecule has 0 spiro atoms. The van der Waals surface area contributed by atoms with Gasteiger partial charge in [0.25, 0.3) is 0 Å². The van der Waals surface area contributed by atoms with Crippen molar-refractivity contribution in [2.24, 2.45) is 12.8 Å². The number of benzene rings is 1. The number of aryl methyl sites for hydroxylation is 1. The second-order valence-electron chi connectivity index (χ2n) is 4.39. The van der Waals surface area contributed by atoms with E-state index in [-0.39, 0.29) is 6.04 Å². The zero-order chi connectivity index (χ0) is 12.3. The summed E-state index contributed by atoms with van der Waals surface area (Å²) in [5.74, 6) is 1.08. The van der Waals surface area contributed by atoms with Crippen LogP contribution < -0.4 is 5.73 Å². The van der Waals surface area contributed by atoms with Crippen molar-refractivity contribution >= 4 is 0 Å². The summed E-state index contributed by atoms with van der Waals surface area (Å²) in [5, 5.41) is 0. The predicted octanol–water partition coefficient (Wildman–Crippen LogP) is 2.42. The minimum atomic E-state index is 0.135. The third-order valence-electron chi connectivity index (χ3n) is 3.10. The van der Waals surface area contributed by atoms with Crippen LogP contribution in [0.1, 0.15) is 36.3 Å². The SMILES string of the molecule is CCC(N)c1cccc(Cc2nccn2C)c1. The van der Waals surface area contributed by atoms with E-state index in [2.05, 4.69) is 36.2 Å². The van der Waals surface area contributed by atoms with Gasteiger partial charge in [-0.25, -0.2) is 4.98 Å². The van der Waals surface area contributed by atoms with Gasteiger partial charge in [-0.3, -0.25) is 0 Å². The van der Waals surface area contributed by atoms with Gasteiger partial charge in [0.1, 0.15) is 5.82 Å². The van der Waals surface area contributed by atoms with E-state index in [4.69, 9.17) is 5.73 Å². The van der Waals surface area contributed by atoms with Crippen LogP contribution in [0.2, 0.25) is 0 Å². The van der Waals surface area contributed by atoms with Crippen molar-refractivity contribution in [3.63, 3.8) is 0 Å². The molecule has 17 heavy (non-hydrogen) atoms. The van der Waals surface area contributed by atoms with Crippen molar-refractivity contribution < 1.29 is 0 Å². The van der Waals surface area contributed by atoms with Crippen LogP contribution in [0.3, 0.4) is 0 Å². The average Bonchev–Trinajstić information content (AvgIpc) is 2.74. The van der Waals surface area contributed by atoms with Crippen molar-refractivity contribution in [2.75, 3.05) is 0 Å². The maximum atomic E-state index is 6.05. The molecule has 0 aliphatic heterocycles. The van der Waals surface area contributed by atoms with Gasteiger partial charge in [0.05, 0.1) is 0 Å². The Kier molecular flexibility index (Phi) is 3.59. The number of nitrogens with zero attached hydrogens (tertiary/aromatic N) is 2. The summed E-state index contributed by atoms with van der Waals surface area (Å²) in [5.41, 5.74) is 8.52. The second-order valence-corrected chi connectivity index (χ2v) is 4.39. The highest BCUT2D eigenvalue weighted by Crippen LogP contribution is 2.16. The van der Waals surface area contributed by atoms with E-state index in [1.165, 1.54) is 11.1 Å². The third-order valence-corrected chi connectivity index (χ3v) is 3.10. The Bertz CT molecular complexity index is 488. The van der Waals surface area contributed by atoms with Crippen molar-refractivity contribution in [3.05, 3.63) is 53.6 Å². The first-order valence-electron chi connectivity index (χ1n) is 6.01. The molecule has 1 aromatic carbocycles. The van der Waals surface area contributed by atoms with E-state index < -0.39 is 0 Å². The molecule has 3 nitrogen and oxygen atoms in total. The van der Waals surface area contributed by atoms with Gasteiger partial charge in [-0.05, 0) is 17.5 Å². The zero-order valence-electron chi connectivity index (χ0n) is 10.4. The molecule has 2 aromatic rings. The number of aromatic nitrogens is 2. The Morgan fingerprint density at radius 1 is 1.41 bits per heavy atom. The lowest BCUT2D eigenvalue weighted by Crippen LogP contribution is -2.09. The van der Waals surface area contributed by atoms with E-state index in [0.29, 0.717) is 0 Å². The van der Waals surface area contributed by atoms with Crippen LogP contribution in [0.5, 0.6) is 0 Å². The Balaban J connectivity index is 2.19. The zero-order valence-corrected chi connectivity index (χ0v) is 10.4. The third kappa shape index (κ3) is 2.74. The summed E-state index contributed by atoms with van der Waals surface area (Å²) in [6.45, 7) is 2.11. The normalized spacial score (nSPS) is 12.6. The number of hydrogen-bond acceptors (Lipinski definition) is 2. The van der Waals surface area contributed by atoms with Crippen LogP contribution in [-0.2, 0) is 13.5 Å². The Labute approximate surface area is 102 Å². The summed E-state index contributed by atoms with van der Waals surface area (Å²) >= 11 is 0.